The van der Waals surface area contributed by atoms with Crippen LogP contribution in [0.5, 0.6) is 17.5 Å². The average Bonchev–Trinajstić information content (AvgIpc) is 3.31. The van der Waals surface area contributed by atoms with Crippen molar-refractivity contribution in [3.05, 3.63) is 58.7 Å². The van der Waals surface area contributed by atoms with E-state index in [2.05, 4.69) is 15.0 Å². The lowest BCUT2D eigenvalue weighted by molar-refractivity contribution is -0.146. The number of carbonyl (C=O) groups excluding carboxylic acids is 1. The Hall–Kier alpha value is -3.89. The minimum absolute atomic E-state index is 0.0797. The van der Waals surface area contributed by atoms with Crippen molar-refractivity contribution in [1.29, 1.82) is 0 Å². The third-order valence-electron chi connectivity index (χ3n) is 5.86. The number of aromatic nitrogens is 3. The van der Waals surface area contributed by atoms with Crippen LogP contribution in [0.1, 0.15) is 12.8 Å². The van der Waals surface area contributed by atoms with E-state index in [4.69, 9.17) is 42.2 Å². The number of carboxylic acids is 1. The van der Waals surface area contributed by atoms with Gasteiger partial charge in [-0.3, -0.25) is 9.59 Å². The lowest BCUT2D eigenvalue weighted by Gasteiger charge is -2.30. The highest BCUT2D eigenvalue weighted by molar-refractivity contribution is 6.32. The second-order valence-corrected chi connectivity index (χ2v) is 9.19. The van der Waals surface area contributed by atoms with E-state index in [1.54, 1.807) is 47.4 Å². The number of aliphatic carboxylic acids is 1. The molecule has 0 saturated carbocycles. The quantitative estimate of drug-likeness (QED) is 0.339. The maximum absolute atomic E-state index is 12.5. The summed E-state index contributed by atoms with van der Waals surface area (Å²) in [7, 11) is 0. The highest BCUT2D eigenvalue weighted by atomic mass is 35.5. The molecule has 4 aromatic rings. The van der Waals surface area contributed by atoms with Gasteiger partial charge in [-0.1, -0.05) is 29.3 Å². The first-order valence-electron chi connectivity index (χ1n) is 11.4. The second-order valence-electron chi connectivity index (χ2n) is 8.35. The lowest BCUT2D eigenvalue weighted by atomic mass is 9.97. The number of fused-ring (bicyclic) bond motifs is 1. The molecule has 0 unspecified atom stereocenters. The highest BCUT2D eigenvalue weighted by Gasteiger charge is 2.27. The van der Waals surface area contributed by atoms with Crippen molar-refractivity contribution < 1.29 is 28.6 Å². The summed E-state index contributed by atoms with van der Waals surface area (Å²) in [5.41, 5.74) is 1.24. The lowest BCUT2D eigenvalue weighted by Crippen LogP contribution is -2.42. The van der Waals surface area contributed by atoms with E-state index >= 15 is 0 Å². The minimum Gasteiger partial charge on any atom is -0.482 e. The number of likely N-dealkylation sites (tertiary alicyclic amines) is 1. The number of hydrogen-bond acceptors (Lipinski definition) is 8. The molecule has 0 spiro atoms. The van der Waals surface area contributed by atoms with Gasteiger partial charge in [-0.05, 0) is 49.2 Å². The van der Waals surface area contributed by atoms with Crippen LogP contribution in [-0.2, 0) is 9.59 Å². The molecule has 1 fully saturated rings. The number of hydrogen-bond donors (Lipinski definition) is 1. The first-order valence-corrected chi connectivity index (χ1v) is 12.1. The van der Waals surface area contributed by atoms with Crippen LogP contribution < -0.4 is 9.47 Å². The van der Waals surface area contributed by atoms with Gasteiger partial charge in [-0.15, -0.1) is 0 Å². The van der Waals surface area contributed by atoms with Gasteiger partial charge in [0.25, 0.3) is 11.6 Å². The summed E-state index contributed by atoms with van der Waals surface area (Å²) >= 11 is 12.4. The van der Waals surface area contributed by atoms with Gasteiger partial charge in [0.15, 0.2) is 6.61 Å². The zero-order valence-corrected chi connectivity index (χ0v) is 20.8. The minimum atomic E-state index is -0.826. The average molecular weight is 543 g/mol. The Morgan fingerprint density at radius 2 is 1.92 bits per heavy atom. The summed E-state index contributed by atoms with van der Waals surface area (Å²) in [5.74, 6) is -0.379. The molecule has 1 N–H and O–H groups in total. The largest absolute Gasteiger partial charge is 0.482 e. The molecule has 190 valence electrons. The number of carbonyl (C=O) groups is 2. The maximum atomic E-state index is 12.5. The van der Waals surface area contributed by atoms with Gasteiger partial charge in [0.05, 0.1) is 17.1 Å². The predicted octanol–water partition coefficient (Wildman–Crippen LogP) is 5.09. The van der Waals surface area contributed by atoms with Crippen molar-refractivity contribution in [2.45, 2.75) is 12.8 Å². The summed E-state index contributed by atoms with van der Waals surface area (Å²) in [5, 5.41) is 9.89. The van der Waals surface area contributed by atoms with Crippen LogP contribution in [0, 0.1) is 5.92 Å². The van der Waals surface area contributed by atoms with Crippen molar-refractivity contribution in [2.24, 2.45) is 5.92 Å². The number of benzene rings is 2. The number of rotatable bonds is 7. The van der Waals surface area contributed by atoms with Gasteiger partial charge >= 0.3 is 12.0 Å². The van der Waals surface area contributed by atoms with E-state index in [0.29, 0.717) is 53.5 Å². The van der Waals surface area contributed by atoms with E-state index in [-0.39, 0.29) is 35.2 Å². The summed E-state index contributed by atoms with van der Waals surface area (Å²) < 4.78 is 17.0. The van der Waals surface area contributed by atoms with E-state index in [0.717, 1.165) is 0 Å². The van der Waals surface area contributed by atoms with Crippen LogP contribution in [0.2, 0.25) is 10.0 Å². The number of piperidine rings is 1. The molecule has 37 heavy (non-hydrogen) atoms. The van der Waals surface area contributed by atoms with E-state index in [1.807, 2.05) is 0 Å². The van der Waals surface area contributed by atoms with Crippen LogP contribution in [0.15, 0.2) is 53.1 Å². The molecular weight excluding hydrogens is 523 g/mol. The molecule has 1 aliphatic heterocycles. The standard InChI is InChI=1S/C25H20Cl2N4O6/c26-16-2-1-3-17(11-16)36-25-28-12-19-23(30-25)37-22(29-19)15-4-5-20(18(27)10-15)35-13-21(32)31-8-6-14(7-9-31)24(33)34/h1-5,10-12,14H,6-9,13H2,(H,33,34). The normalized spacial score (nSPS) is 14.1. The van der Waals surface area contributed by atoms with Gasteiger partial charge < -0.3 is 23.9 Å². The van der Waals surface area contributed by atoms with Crippen LogP contribution in [-0.4, -0.2) is 56.5 Å². The smallest absolute Gasteiger partial charge is 0.325 e. The fourth-order valence-corrected chi connectivity index (χ4v) is 4.30. The molecule has 1 aliphatic rings. The molecule has 0 radical (unpaired) electrons. The first-order chi connectivity index (χ1) is 17.9. The number of halogens is 2. The summed E-state index contributed by atoms with van der Waals surface area (Å²) in [4.78, 5) is 38.0. The van der Waals surface area contributed by atoms with Crippen molar-refractivity contribution in [3.8, 4) is 29.0 Å². The summed E-state index contributed by atoms with van der Waals surface area (Å²) in [6.07, 6.45) is 2.35. The van der Waals surface area contributed by atoms with E-state index in [1.165, 1.54) is 6.20 Å². The van der Waals surface area contributed by atoms with Crippen molar-refractivity contribution in [3.63, 3.8) is 0 Å². The van der Waals surface area contributed by atoms with Crippen LogP contribution in [0.4, 0.5) is 0 Å². The topological polar surface area (TPSA) is 128 Å². The number of nitrogens with zero attached hydrogens (tertiary/aromatic N) is 4. The maximum Gasteiger partial charge on any atom is 0.325 e. The first kappa shape index (κ1) is 24.8. The molecule has 0 aliphatic carbocycles. The monoisotopic (exact) mass is 542 g/mol. The zero-order valence-electron chi connectivity index (χ0n) is 19.3. The molecule has 12 heteroatoms. The molecule has 3 heterocycles. The summed E-state index contributed by atoms with van der Waals surface area (Å²) in [6.45, 7) is 0.571. The Morgan fingerprint density at radius 1 is 1.11 bits per heavy atom. The molecule has 1 saturated heterocycles. The Labute approximate surface area is 220 Å². The zero-order chi connectivity index (χ0) is 25.9. The SMILES string of the molecule is O=C(O)C1CCN(C(=O)COc2ccc(-c3nc4cnc(Oc5cccc(Cl)c5)nc4o3)cc2Cl)CC1. The number of ether oxygens (including phenoxy) is 2. The number of amides is 1. The van der Waals surface area contributed by atoms with E-state index < -0.39 is 11.9 Å². The molecule has 0 atom stereocenters. The van der Waals surface area contributed by atoms with Crippen molar-refractivity contribution in [2.75, 3.05) is 19.7 Å². The van der Waals surface area contributed by atoms with Crippen molar-refractivity contribution >= 4 is 46.3 Å². The molecule has 10 nitrogen and oxygen atoms in total. The van der Waals surface area contributed by atoms with Gasteiger partial charge in [0.2, 0.25) is 5.89 Å². The van der Waals surface area contributed by atoms with Gasteiger partial charge in [0.1, 0.15) is 17.0 Å². The van der Waals surface area contributed by atoms with Gasteiger partial charge in [-0.2, -0.15) is 4.98 Å². The third kappa shape index (κ3) is 5.76. The fourth-order valence-electron chi connectivity index (χ4n) is 3.89. The highest BCUT2D eigenvalue weighted by Crippen LogP contribution is 2.32. The Kier molecular flexibility index (Phi) is 7.11. The van der Waals surface area contributed by atoms with Gasteiger partial charge in [-0.25, -0.2) is 9.97 Å². The Morgan fingerprint density at radius 3 is 2.65 bits per heavy atom. The molecule has 1 amide bonds. The van der Waals surface area contributed by atoms with Crippen LogP contribution in [0.25, 0.3) is 22.7 Å². The van der Waals surface area contributed by atoms with E-state index in [9.17, 15) is 9.59 Å². The number of oxazole rings is 1. The second kappa shape index (κ2) is 10.6. The molecule has 2 aromatic heterocycles. The molecule has 0 bridgehead atoms. The summed E-state index contributed by atoms with van der Waals surface area (Å²) in [6, 6.07) is 11.9. The molecule has 5 rings (SSSR count). The van der Waals surface area contributed by atoms with Crippen LogP contribution in [0.3, 0.4) is 0 Å². The number of carboxylic acid groups (broad SMARTS) is 1. The Balaban J connectivity index is 1.23. The fraction of sp³-hybridized carbons (Fsp3) is 0.240. The Bertz CT molecular complexity index is 1470. The van der Waals surface area contributed by atoms with Gasteiger partial charge in [0, 0.05) is 23.7 Å². The molecular formula is C25H20Cl2N4O6. The predicted molar refractivity (Wildman–Crippen MR) is 134 cm³/mol. The van der Waals surface area contributed by atoms with Crippen LogP contribution >= 0.6 is 23.2 Å². The van der Waals surface area contributed by atoms with Crippen molar-refractivity contribution in [1.82, 2.24) is 19.9 Å². The molecule has 2 aromatic carbocycles. The third-order valence-corrected chi connectivity index (χ3v) is 6.39.